The molecule has 2 aromatic rings. The Bertz CT molecular complexity index is 968. The Morgan fingerprint density at radius 3 is 2.57 bits per heavy atom. The molecule has 0 fully saturated rings. The molecule has 7 nitrogen and oxygen atoms in total. The maximum atomic E-state index is 12.4. The lowest BCUT2D eigenvalue weighted by atomic mass is 10.2. The number of carbonyl (C=O) groups excluding carboxylic acids is 1. The molecule has 0 aliphatic heterocycles. The zero-order valence-electron chi connectivity index (χ0n) is 16.7. The number of benzene rings is 2. The molecule has 0 aliphatic rings. The molecule has 2 rings (SSSR count). The van der Waals surface area contributed by atoms with Crippen molar-refractivity contribution in [2.24, 2.45) is 0 Å². The minimum absolute atomic E-state index is 0.0279. The van der Waals surface area contributed by atoms with E-state index in [2.05, 4.69) is 15.4 Å². The van der Waals surface area contributed by atoms with E-state index in [1.54, 1.807) is 43.3 Å². The first-order chi connectivity index (χ1) is 14.2. The number of rotatable bonds is 10. The number of hydrogen-bond donors (Lipinski definition) is 3. The minimum Gasteiger partial charge on any atom is -0.488 e. The summed E-state index contributed by atoms with van der Waals surface area (Å²) in [5.74, 6) is 0.288. The third kappa shape index (κ3) is 7.60. The van der Waals surface area contributed by atoms with Gasteiger partial charge in [-0.15, -0.1) is 0 Å². The molecule has 2 aromatic carbocycles. The average molecular weight is 442 g/mol. The van der Waals surface area contributed by atoms with Gasteiger partial charge in [-0.1, -0.05) is 24.3 Å². The fourth-order valence-electron chi connectivity index (χ4n) is 2.59. The molecule has 0 aliphatic carbocycles. The topological polar surface area (TPSA) is 96.5 Å². The van der Waals surface area contributed by atoms with Crippen LogP contribution in [-0.2, 0) is 16.6 Å². The molecule has 3 N–H and O–H groups in total. The number of aryl methyl sites for hydroxylation is 2. The highest BCUT2D eigenvalue weighted by molar-refractivity contribution is 7.89. The molecule has 10 heteroatoms. The first-order valence-corrected chi connectivity index (χ1v) is 10.7. The van der Waals surface area contributed by atoms with E-state index in [0.29, 0.717) is 11.1 Å². The van der Waals surface area contributed by atoms with Crippen LogP contribution in [0, 0.1) is 13.8 Å². The summed E-state index contributed by atoms with van der Waals surface area (Å²) in [5.41, 5.74) is 2.15. The summed E-state index contributed by atoms with van der Waals surface area (Å²) in [6.07, 6.45) is -2.56. The van der Waals surface area contributed by atoms with Gasteiger partial charge in [0.25, 0.3) is 6.43 Å². The molecular weight excluding hydrogens is 416 g/mol. The van der Waals surface area contributed by atoms with Crippen LogP contribution in [0.3, 0.4) is 0 Å². The third-order valence-electron chi connectivity index (χ3n) is 4.06. The number of alkyl halides is 2. The molecule has 0 radical (unpaired) electrons. The smallest absolute Gasteiger partial charge is 0.315 e. The standard InChI is InChI=1S/C20H25F2N3O4S/c1-14-6-7-15(2)18(10-14)30(27,28)25-9-8-23-20(26)24-12-16-4-3-5-17(11-16)29-13-19(21)22/h3-7,10-11,19,25H,8-9,12-13H2,1-2H3,(H2,23,24,26). The van der Waals surface area contributed by atoms with Gasteiger partial charge < -0.3 is 15.4 Å². The van der Waals surface area contributed by atoms with Crippen molar-refractivity contribution in [2.45, 2.75) is 31.7 Å². The molecular formula is C20H25F2N3O4S. The Morgan fingerprint density at radius 1 is 1.07 bits per heavy atom. The highest BCUT2D eigenvalue weighted by atomic mass is 32.2. The van der Waals surface area contributed by atoms with Crippen molar-refractivity contribution < 1.29 is 26.7 Å². The van der Waals surface area contributed by atoms with Crippen LogP contribution in [0.4, 0.5) is 13.6 Å². The van der Waals surface area contributed by atoms with E-state index in [1.165, 1.54) is 0 Å². The van der Waals surface area contributed by atoms with Crippen molar-refractivity contribution in [1.82, 2.24) is 15.4 Å². The molecule has 0 aromatic heterocycles. The summed E-state index contributed by atoms with van der Waals surface area (Å²) in [7, 11) is -3.67. The number of carbonyl (C=O) groups is 1. The summed E-state index contributed by atoms with van der Waals surface area (Å²) in [6, 6.07) is 11.1. The molecule has 0 atom stereocenters. The summed E-state index contributed by atoms with van der Waals surface area (Å²) in [4.78, 5) is 12.1. The first-order valence-electron chi connectivity index (χ1n) is 9.26. The van der Waals surface area contributed by atoms with Gasteiger partial charge in [-0.25, -0.2) is 26.7 Å². The Hall–Kier alpha value is -2.72. The van der Waals surface area contributed by atoms with Gasteiger partial charge in [0.15, 0.2) is 0 Å². The highest BCUT2D eigenvalue weighted by Crippen LogP contribution is 2.16. The summed E-state index contributed by atoms with van der Waals surface area (Å²) in [5, 5.41) is 5.16. The summed E-state index contributed by atoms with van der Waals surface area (Å²) in [6.45, 7) is 3.10. The lowest BCUT2D eigenvalue weighted by Gasteiger charge is -2.12. The minimum atomic E-state index is -3.67. The van der Waals surface area contributed by atoms with Gasteiger partial charge in [-0.2, -0.15) is 0 Å². The zero-order valence-corrected chi connectivity index (χ0v) is 17.6. The van der Waals surface area contributed by atoms with Crippen molar-refractivity contribution in [1.29, 1.82) is 0 Å². The van der Waals surface area contributed by atoms with Crippen LogP contribution >= 0.6 is 0 Å². The maximum absolute atomic E-state index is 12.4. The molecule has 0 saturated carbocycles. The predicted octanol–water partition coefficient (Wildman–Crippen LogP) is 2.73. The number of halogens is 2. The average Bonchev–Trinajstić information content (AvgIpc) is 2.70. The summed E-state index contributed by atoms with van der Waals surface area (Å²) >= 11 is 0. The second-order valence-electron chi connectivity index (χ2n) is 6.63. The molecule has 0 spiro atoms. The molecule has 0 unspecified atom stereocenters. The van der Waals surface area contributed by atoms with E-state index >= 15 is 0 Å². The van der Waals surface area contributed by atoms with Gasteiger partial charge >= 0.3 is 6.03 Å². The van der Waals surface area contributed by atoms with Gasteiger partial charge in [0.1, 0.15) is 12.4 Å². The van der Waals surface area contributed by atoms with Gasteiger partial charge in [0, 0.05) is 19.6 Å². The van der Waals surface area contributed by atoms with Gasteiger partial charge in [0.2, 0.25) is 10.0 Å². The largest absolute Gasteiger partial charge is 0.488 e. The first kappa shape index (κ1) is 23.6. The fraction of sp³-hybridized carbons (Fsp3) is 0.350. The van der Waals surface area contributed by atoms with Crippen LogP contribution in [0.5, 0.6) is 5.75 Å². The van der Waals surface area contributed by atoms with Crippen LogP contribution in [0.15, 0.2) is 47.4 Å². The zero-order chi connectivity index (χ0) is 22.1. The van der Waals surface area contributed by atoms with Crippen molar-refractivity contribution in [3.05, 3.63) is 59.2 Å². The summed E-state index contributed by atoms with van der Waals surface area (Å²) < 4.78 is 56.6. The number of hydrogen-bond acceptors (Lipinski definition) is 4. The number of amides is 2. The lowest BCUT2D eigenvalue weighted by Crippen LogP contribution is -2.40. The van der Waals surface area contributed by atoms with Crippen molar-refractivity contribution in [3.63, 3.8) is 0 Å². The highest BCUT2D eigenvalue weighted by Gasteiger charge is 2.16. The second kappa shape index (κ2) is 10.9. The Labute approximate surface area is 174 Å². The molecule has 0 bridgehead atoms. The Morgan fingerprint density at radius 2 is 1.83 bits per heavy atom. The Balaban J connectivity index is 1.75. The molecule has 0 heterocycles. The quantitative estimate of drug-likeness (QED) is 0.494. The van der Waals surface area contributed by atoms with Crippen molar-refractivity contribution in [3.8, 4) is 5.75 Å². The third-order valence-corrected chi connectivity index (χ3v) is 5.67. The van der Waals surface area contributed by atoms with Gasteiger partial charge in [0.05, 0.1) is 4.90 Å². The van der Waals surface area contributed by atoms with E-state index in [4.69, 9.17) is 4.74 Å². The van der Waals surface area contributed by atoms with Crippen LogP contribution in [0.2, 0.25) is 0 Å². The van der Waals surface area contributed by atoms with Crippen LogP contribution in [0.1, 0.15) is 16.7 Å². The van der Waals surface area contributed by atoms with Crippen LogP contribution in [-0.4, -0.2) is 40.6 Å². The fourth-order valence-corrected chi connectivity index (χ4v) is 3.94. The normalized spacial score (nSPS) is 11.4. The second-order valence-corrected chi connectivity index (χ2v) is 8.36. The Kier molecular flexibility index (Phi) is 8.55. The lowest BCUT2D eigenvalue weighted by molar-refractivity contribution is 0.0818. The van der Waals surface area contributed by atoms with E-state index in [1.807, 2.05) is 13.0 Å². The van der Waals surface area contributed by atoms with E-state index in [9.17, 15) is 22.0 Å². The van der Waals surface area contributed by atoms with Crippen molar-refractivity contribution in [2.75, 3.05) is 19.7 Å². The van der Waals surface area contributed by atoms with Crippen LogP contribution < -0.4 is 20.1 Å². The molecule has 30 heavy (non-hydrogen) atoms. The number of sulfonamides is 1. The monoisotopic (exact) mass is 441 g/mol. The van der Waals surface area contributed by atoms with E-state index in [0.717, 1.165) is 5.56 Å². The van der Waals surface area contributed by atoms with Gasteiger partial charge in [-0.05, 0) is 48.7 Å². The number of urea groups is 1. The molecule has 164 valence electrons. The number of ether oxygens (including phenoxy) is 1. The SMILES string of the molecule is Cc1ccc(C)c(S(=O)(=O)NCCNC(=O)NCc2cccc(OCC(F)F)c2)c1. The van der Waals surface area contributed by atoms with Crippen molar-refractivity contribution >= 4 is 16.1 Å². The van der Waals surface area contributed by atoms with E-state index < -0.39 is 29.1 Å². The van der Waals surface area contributed by atoms with Crippen LogP contribution in [0.25, 0.3) is 0 Å². The maximum Gasteiger partial charge on any atom is 0.315 e. The molecule has 2 amide bonds. The predicted molar refractivity (Wildman–Crippen MR) is 109 cm³/mol. The number of nitrogens with one attached hydrogen (secondary N) is 3. The van der Waals surface area contributed by atoms with E-state index in [-0.39, 0.29) is 30.3 Å². The molecule has 0 saturated heterocycles. The van der Waals surface area contributed by atoms with Gasteiger partial charge in [-0.3, -0.25) is 0 Å².